The van der Waals surface area contributed by atoms with Crippen LogP contribution in [0.4, 0.5) is 18.9 Å². The summed E-state index contributed by atoms with van der Waals surface area (Å²) in [5, 5.41) is 3.75. The molecule has 1 atom stereocenters. The molecule has 11 heteroatoms. The van der Waals surface area contributed by atoms with E-state index in [9.17, 15) is 17.4 Å². The summed E-state index contributed by atoms with van der Waals surface area (Å²) in [6, 6.07) is 9.23. The van der Waals surface area contributed by atoms with Crippen LogP contribution in [-0.4, -0.2) is 25.6 Å². The van der Waals surface area contributed by atoms with Crippen molar-refractivity contribution in [2.75, 3.05) is 6.26 Å². The van der Waals surface area contributed by atoms with Gasteiger partial charge in [-0.05, 0) is 36.4 Å². The maximum Gasteiger partial charge on any atom is 0.471 e. The monoisotopic (exact) mass is 402 g/mol. The Morgan fingerprint density at radius 1 is 1.15 bits per heavy atom. The van der Waals surface area contributed by atoms with Gasteiger partial charge in [-0.3, -0.25) is 4.98 Å². The Labute approximate surface area is 151 Å². The Kier molecular flexibility index (Phi) is 4.72. The van der Waals surface area contributed by atoms with Gasteiger partial charge in [-0.1, -0.05) is 16.8 Å². The second-order valence-corrected chi connectivity index (χ2v) is 7.87. The van der Waals surface area contributed by atoms with E-state index >= 15 is 0 Å². The van der Waals surface area contributed by atoms with Crippen LogP contribution < -0.4 is 0 Å². The maximum atomic E-state index is 12.7. The average molecular weight is 403 g/mol. The van der Waals surface area contributed by atoms with Gasteiger partial charge in [0, 0.05) is 16.2 Å². The normalized spacial score (nSPS) is 14.0. The number of hydrogen-bond acceptors (Lipinski definition) is 6. The van der Waals surface area contributed by atoms with E-state index < -0.39 is 21.8 Å². The van der Waals surface area contributed by atoms with Crippen LogP contribution in [0.2, 0.25) is 5.02 Å². The molecule has 0 amide bonds. The Bertz CT molecular complexity index is 1040. The van der Waals surface area contributed by atoms with Crippen LogP contribution in [0.1, 0.15) is 5.89 Å². The summed E-state index contributed by atoms with van der Waals surface area (Å²) in [5.74, 6) is -1.76. The van der Waals surface area contributed by atoms with Crippen LogP contribution in [0, 0.1) is 0 Å². The van der Waals surface area contributed by atoms with Gasteiger partial charge in [0.2, 0.25) is 5.82 Å². The predicted molar refractivity (Wildman–Crippen MR) is 88.4 cm³/mol. The van der Waals surface area contributed by atoms with E-state index in [-0.39, 0.29) is 17.2 Å². The molecule has 0 saturated carbocycles. The summed E-state index contributed by atoms with van der Waals surface area (Å²) in [6.07, 6.45) is -2.01. The van der Waals surface area contributed by atoms with Crippen LogP contribution in [0.15, 0.2) is 56.4 Å². The lowest BCUT2D eigenvalue weighted by Gasteiger charge is -2.04. The van der Waals surface area contributed by atoms with Gasteiger partial charge >= 0.3 is 12.1 Å². The second kappa shape index (κ2) is 6.69. The van der Waals surface area contributed by atoms with E-state index in [4.69, 9.17) is 11.6 Å². The largest absolute Gasteiger partial charge is 0.471 e. The molecule has 0 N–H and O–H groups in total. The Morgan fingerprint density at radius 3 is 2.38 bits per heavy atom. The predicted octanol–water partition coefficient (Wildman–Crippen LogP) is 4.59. The molecule has 0 aliphatic rings. The molecule has 26 heavy (non-hydrogen) atoms. The third kappa shape index (κ3) is 4.02. The van der Waals surface area contributed by atoms with Crippen LogP contribution in [-0.2, 0) is 15.9 Å². The summed E-state index contributed by atoms with van der Waals surface area (Å²) in [5.41, 5.74) is 0.355. The third-order valence-electron chi connectivity index (χ3n) is 3.18. The first-order valence-corrected chi connectivity index (χ1v) is 9.30. The van der Waals surface area contributed by atoms with Crippen molar-refractivity contribution in [2.24, 2.45) is 4.36 Å². The zero-order valence-electron chi connectivity index (χ0n) is 13.1. The standard InChI is InChI=1S/C15H10ClF3N4O2S/c1-26(24,11-5-2-9(16)3-6-11)23-10-4-7-12(20-8-10)13-21-14(25-22-13)15(17,18)19/h2-8H,1H3. The third-order valence-corrected chi connectivity index (χ3v) is 5.13. The highest BCUT2D eigenvalue weighted by molar-refractivity contribution is 7.93. The molecule has 0 fully saturated rings. The minimum atomic E-state index is -4.73. The number of hydrogen-bond donors (Lipinski definition) is 0. The summed E-state index contributed by atoms with van der Waals surface area (Å²) >= 11 is 5.80. The fourth-order valence-electron chi connectivity index (χ4n) is 1.96. The van der Waals surface area contributed by atoms with Crippen LogP contribution in [0.25, 0.3) is 11.5 Å². The number of rotatable bonds is 3. The van der Waals surface area contributed by atoms with Crippen molar-refractivity contribution < 1.29 is 21.9 Å². The number of benzene rings is 1. The molecule has 2 aromatic heterocycles. The smallest absolute Gasteiger partial charge is 0.329 e. The Hall–Kier alpha value is -2.46. The molecule has 1 unspecified atom stereocenters. The number of aromatic nitrogens is 3. The minimum Gasteiger partial charge on any atom is -0.329 e. The molecule has 0 aliphatic carbocycles. The van der Waals surface area contributed by atoms with E-state index in [0.29, 0.717) is 9.92 Å². The number of alkyl halides is 3. The molecular weight excluding hydrogens is 393 g/mol. The van der Waals surface area contributed by atoms with Crippen LogP contribution in [0.3, 0.4) is 0 Å². The Balaban J connectivity index is 1.89. The lowest BCUT2D eigenvalue weighted by molar-refractivity contribution is -0.159. The zero-order valence-corrected chi connectivity index (χ0v) is 14.6. The average Bonchev–Trinajstić information content (AvgIpc) is 3.06. The minimum absolute atomic E-state index is 0.0669. The van der Waals surface area contributed by atoms with Crippen LogP contribution >= 0.6 is 11.6 Å². The lowest BCUT2D eigenvalue weighted by Crippen LogP contribution is -2.04. The summed E-state index contributed by atoms with van der Waals surface area (Å²) in [7, 11) is -2.74. The molecule has 0 bridgehead atoms. The van der Waals surface area contributed by atoms with Crippen molar-refractivity contribution in [1.82, 2.24) is 15.1 Å². The zero-order chi connectivity index (χ0) is 18.9. The van der Waals surface area contributed by atoms with Crippen LogP contribution in [0.5, 0.6) is 0 Å². The maximum absolute atomic E-state index is 12.7. The van der Waals surface area contributed by atoms with Crippen molar-refractivity contribution in [1.29, 1.82) is 0 Å². The molecular formula is C15H10ClF3N4O2S. The number of pyridine rings is 1. The molecule has 2 heterocycles. The number of nitrogens with zero attached hydrogens (tertiary/aromatic N) is 4. The topological polar surface area (TPSA) is 81.2 Å². The molecule has 6 nitrogen and oxygen atoms in total. The molecule has 0 aliphatic heterocycles. The first-order valence-electron chi connectivity index (χ1n) is 7.00. The van der Waals surface area contributed by atoms with E-state index in [1.165, 1.54) is 24.6 Å². The van der Waals surface area contributed by atoms with Gasteiger partial charge in [-0.25, -0.2) is 4.21 Å². The van der Waals surface area contributed by atoms with Gasteiger partial charge in [0.15, 0.2) is 0 Å². The summed E-state index contributed by atoms with van der Waals surface area (Å²) in [4.78, 5) is 7.68. The molecule has 0 spiro atoms. The molecule has 136 valence electrons. The van der Waals surface area contributed by atoms with Gasteiger partial charge in [0.1, 0.15) is 5.69 Å². The first kappa shape index (κ1) is 18.3. The van der Waals surface area contributed by atoms with Gasteiger partial charge < -0.3 is 4.52 Å². The highest BCUT2D eigenvalue weighted by Crippen LogP contribution is 2.29. The fourth-order valence-corrected chi connectivity index (χ4v) is 3.34. The molecule has 3 aromatic rings. The fraction of sp³-hybridized carbons (Fsp3) is 0.133. The van der Waals surface area contributed by atoms with Crippen molar-refractivity contribution in [2.45, 2.75) is 11.1 Å². The van der Waals surface area contributed by atoms with Crippen molar-refractivity contribution >= 4 is 27.0 Å². The summed E-state index contributed by atoms with van der Waals surface area (Å²) in [6.45, 7) is 0. The van der Waals surface area contributed by atoms with E-state index in [0.717, 1.165) is 0 Å². The summed E-state index contributed by atoms with van der Waals surface area (Å²) < 4.78 is 58.5. The van der Waals surface area contributed by atoms with Gasteiger partial charge in [0.25, 0.3) is 0 Å². The van der Waals surface area contributed by atoms with Crippen molar-refractivity contribution in [3.63, 3.8) is 0 Å². The highest BCUT2D eigenvalue weighted by Gasteiger charge is 2.38. The van der Waals surface area contributed by atoms with E-state index in [1.807, 2.05) is 0 Å². The molecule has 1 aromatic carbocycles. The number of halogens is 4. The highest BCUT2D eigenvalue weighted by atomic mass is 35.5. The van der Waals surface area contributed by atoms with Crippen molar-refractivity contribution in [3.05, 3.63) is 53.5 Å². The Morgan fingerprint density at radius 2 is 1.85 bits per heavy atom. The molecule has 3 rings (SSSR count). The van der Waals surface area contributed by atoms with Gasteiger partial charge in [-0.15, -0.1) is 0 Å². The molecule has 0 radical (unpaired) electrons. The molecule has 0 saturated heterocycles. The first-order chi connectivity index (χ1) is 12.1. The van der Waals surface area contributed by atoms with E-state index in [1.54, 1.807) is 24.3 Å². The van der Waals surface area contributed by atoms with Crippen molar-refractivity contribution in [3.8, 4) is 11.5 Å². The SMILES string of the molecule is CS(=O)(=Nc1ccc(-c2noc(C(F)(F)F)n2)nc1)c1ccc(Cl)cc1. The van der Waals surface area contributed by atoms with E-state index in [2.05, 4.69) is 24.0 Å². The lowest BCUT2D eigenvalue weighted by atomic mass is 10.3. The second-order valence-electron chi connectivity index (χ2n) is 5.17. The van der Waals surface area contributed by atoms with Gasteiger partial charge in [-0.2, -0.15) is 22.5 Å². The van der Waals surface area contributed by atoms with Gasteiger partial charge in [0.05, 0.1) is 21.6 Å². The quantitative estimate of drug-likeness (QED) is 0.639.